The maximum absolute atomic E-state index is 5.57. The summed E-state index contributed by atoms with van der Waals surface area (Å²) in [5.41, 5.74) is 4.71. The van der Waals surface area contributed by atoms with E-state index in [0.717, 1.165) is 11.7 Å². The van der Waals surface area contributed by atoms with E-state index in [9.17, 15) is 0 Å². The SMILES string of the molecule is COc1ccc2c3c1CCCC3C(N(C)C)CC2.Cl. The number of ether oxygens (including phenoxy) is 1. The molecule has 0 saturated carbocycles. The molecule has 19 heavy (non-hydrogen) atoms. The molecule has 0 aliphatic heterocycles. The predicted octanol–water partition coefficient (Wildman–Crippen LogP) is 3.41. The quantitative estimate of drug-likeness (QED) is 0.824. The number of rotatable bonds is 2. The van der Waals surface area contributed by atoms with Crippen LogP contribution in [0.15, 0.2) is 12.1 Å². The molecular formula is C16H24ClNO. The molecule has 2 atom stereocenters. The number of hydrogen-bond acceptors (Lipinski definition) is 2. The largest absolute Gasteiger partial charge is 0.496 e. The second-order valence-electron chi connectivity index (χ2n) is 5.89. The van der Waals surface area contributed by atoms with Gasteiger partial charge in [0.2, 0.25) is 0 Å². The third-order valence-corrected chi connectivity index (χ3v) is 4.77. The Morgan fingerprint density at radius 2 is 1.95 bits per heavy atom. The molecule has 2 nitrogen and oxygen atoms in total. The Morgan fingerprint density at radius 1 is 1.16 bits per heavy atom. The smallest absolute Gasteiger partial charge is 0.122 e. The molecule has 3 heteroatoms. The van der Waals surface area contributed by atoms with Crippen molar-refractivity contribution >= 4 is 12.4 Å². The zero-order valence-electron chi connectivity index (χ0n) is 12.1. The van der Waals surface area contributed by atoms with Gasteiger partial charge in [-0.25, -0.2) is 0 Å². The Kier molecular flexibility index (Phi) is 4.42. The Balaban J connectivity index is 0.00000133. The molecule has 0 bridgehead atoms. The van der Waals surface area contributed by atoms with Crippen molar-refractivity contribution in [2.24, 2.45) is 0 Å². The number of likely N-dealkylation sites (N-methyl/N-ethyl adjacent to an activating group) is 1. The zero-order chi connectivity index (χ0) is 12.7. The van der Waals surface area contributed by atoms with Crippen molar-refractivity contribution in [3.8, 4) is 5.75 Å². The highest BCUT2D eigenvalue weighted by atomic mass is 35.5. The number of nitrogens with zero attached hydrogens (tertiary/aromatic N) is 1. The molecule has 2 aliphatic carbocycles. The van der Waals surface area contributed by atoms with Crippen LogP contribution in [-0.4, -0.2) is 32.1 Å². The fourth-order valence-corrected chi connectivity index (χ4v) is 3.97. The lowest BCUT2D eigenvalue weighted by Crippen LogP contribution is -2.39. The number of methoxy groups -OCH3 is 1. The van der Waals surface area contributed by atoms with E-state index >= 15 is 0 Å². The lowest BCUT2D eigenvalue weighted by atomic mass is 9.70. The van der Waals surface area contributed by atoms with Gasteiger partial charge in [0.25, 0.3) is 0 Å². The van der Waals surface area contributed by atoms with Gasteiger partial charge in [-0.3, -0.25) is 0 Å². The van der Waals surface area contributed by atoms with Gasteiger partial charge in [-0.2, -0.15) is 0 Å². The summed E-state index contributed by atoms with van der Waals surface area (Å²) >= 11 is 0. The number of hydrogen-bond donors (Lipinski definition) is 0. The van der Waals surface area contributed by atoms with Gasteiger partial charge < -0.3 is 9.64 Å². The Morgan fingerprint density at radius 3 is 2.63 bits per heavy atom. The highest BCUT2D eigenvalue weighted by molar-refractivity contribution is 5.85. The highest BCUT2D eigenvalue weighted by Gasteiger charge is 2.35. The van der Waals surface area contributed by atoms with Gasteiger partial charge in [-0.1, -0.05) is 6.07 Å². The van der Waals surface area contributed by atoms with Crippen LogP contribution in [0.25, 0.3) is 0 Å². The molecule has 0 radical (unpaired) electrons. The van der Waals surface area contributed by atoms with Gasteiger partial charge in [-0.15, -0.1) is 12.4 Å². The molecule has 1 aromatic rings. The summed E-state index contributed by atoms with van der Waals surface area (Å²) in [7, 11) is 6.25. The molecule has 2 unspecified atom stereocenters. The molecule has 0 heterocycles. The zero-order valence-corrected chi connectivity index (χ0v) is 12.9. The van der Waals surface area contributed by atoms with Gasteiger partial charge in [0.05, 0.1) is 7.11 Å². The fraction of sp³-hybridized carbons (Fsp3) is 0.625. The summed E-state index contributed by atoms with van der Waals surface area (Å²) in [6, 6.07) is 5.18. The van der Waals surface area contributed by atoms with Crippen LogP contribution in [0.5, 0.6) is 5.75 Å². The van der Waals surface area contributed by atoms with E-state index in [1.54, 1.807) is 18.2 Å². The lowest BCUT2D eigenvalue weighted by Gasteiger charge is -2.41. The van der Waals surface area contributed by atoms with Crippen molar-refractivity contribution in [1.82, 2.24) is 4.90 Å². The van der Waals surface area contributed by atoms with Crippen LogP contribution in [0.3, 0.4) is 0 Å². The van der Waals surface area contributed by atoms with E-state index in [2.05, 4.69) is 31.1 Å². The normalized spacial score (nSPS) is 24.6. The monoisotopic (exact) mass is 281 g/mol. The number of halogens is 1. The average Bonchev–Trinajstić information content (AvgIpc) is 2.39. The number of benzene rings is 1. The molecule has 2 aliphatic rings. The summed E-state index contributed by atoms with van der Waals surface area (Å²) in [6.07, 6.45) is 6.38. The van der Waals surface area contributed by atoms with Crippen LogP contribution in [0.1, 0.15) is 41.9 Å². The third-order valence-electron chi connectivity index (χ3n) is 4.77. The molecule has 0 aromatic heterocycles. The fourth-order valence-electron chi connectivity index (χ4n) is 3.97. The third kappa shape index (κ3) is 2.36. The number of aryl methyl sites for hydroxylation is 1. The molecule has 0 amide bonds. The van der Waals surface area contributed by atoms with Gasteiger partial charge in [0.1, 0.15) is 5.75 Å². The maximum atomic E-state index is 5.57. The summed E-state index contributed by atoms with van der Waals surface area (Å²) < 4.78 is 5.57. The Hall–Kier alpha value is -0.730. The molecule has 1 aromatic carbocycles. The summed E-state index contributed by atoms with van der Waals surface area (Å²) in [4.78, 5) is 2.42. The predicted molar refractivity (Wildman–Crippen MR) is 81.7 cm³/mol. The van der Waals surface area contributed by atoms with Crippen molar-refractivity contribution in [2.45, 2.75) is 44.1 Å². The van der Waals surface area contributed by atoms with Crippen molar-refractivity contribution in [2.75, 3.05) is 21.2 Å². The van der Waals surface area contributed by atoms with Crippen molar-refractivity contribution < 1.29 is 4.74 Å². The van der Waals surface area contributed by atoms with Crippen LogP contribution >= 0.6 is 12.4 Å². The van der Waals surface area contributed by atoms with Crippen molar-refractivity contribution in [3.05, 3.63) is 28.8 Å². The van der Waals surface area contributed by atoms with E-state index in [-0.39, 0.29) is 12.4 Å². The summed E-state index contributed by atoms with van der Waals surface area (Å²) in [5.74, 6) is 1.83. The first-order valence-electron chi connectivity index (χ1n) is 7.07. The van der Waals surface area contributed by atoms with E-state index in [1.165, 1.54) is 37.7 Å². The Bertz CT molecular complexity index is 458. The minimum atomic E-state index is 0. The second kappa shape index (κ2) is 5.72. The summed E-state index contributed by atoms with van der Waals surface area (Å²) in [5, 5.41) is 0. The second-order valence-corrected chi connectivity index (χ2v) is 5.89. The lowest BCUT2D eigenvalue weighted by molar-refractivity contribution is 0.213. The van der Waals surface area contributed by atoms with Gasteiger partial charge in [-0.05, 0) is 69.0 Å². The molecular weight excluding hydrogens is 258 g/mol. The van der Waals surface area contributed by atoms with Crippen LogP contribution in [0, 0.1) is 0 Å². The Labute approximate surface area is 122 Å². The van der Waals surface area contributed by atoms with Gasteiger partial charge in [0, 0.05) is 12.0 Å². The molecule has 0 fully saturated rings. The van der Waals surface area contributed by atoms with Crippen LogP contribution in [0.2, 0.25) is 0 Å². The topological polar surface area (TPSA) is 12.5 Å². The average molecular weight is 282 g/mol. The van der Waals surface area contributed by atoms with Crippen LogP contribution in [0.4, 0.5) is 0 Å². The molecule has 0 saturated heterocycles. The van der Waals surface area contributed by atoms with Crippen molar-refractivity contribution in [1.29, 1.82) is 0 Å². The van der Waals surface area contributed by atoms with Crippen LogP contribution < -0.4 is 4.74 Å². The molecule has 0 spiro atoms. The molecule has 3 rings (SSSR count). The minimum Gasteiger partial charge on any atom is -0.496 e. The molecule has 106 valence electrons. The standard InChI is InChI=1S/C16H23NO.ClH/c1-17(2)14-9-7-11-8-10-15(18-3)13-6-4-5-12(14)16(11)13;/h8,10,12,14H,4-7,9H2,1-3H3;1H. The van der Waals surface area contributed by atoms with E-state index in [1.807, 2.05) is 0 Å². The van der Waals surface area contributed by atoms with Gasteiger partial charge >= 0.3 is 0 Å². The van der Waals surface area contributed by atoms with E-state index in [4.69, 9.17) is 4.74 Å². The maximum Gasteiger partial charge on any atom is 0.122 e. The van der Waals surface area contributed by atoms with E-state index < -0.39 is 0 Å². The summed E-state index contributed by atoms with van der Waals surface area (Å²) in [6.45, 7) is 0. The minimum absolute atomic E-state index is 0. The first-order chi connectivity index (χ1) is 8.72. The highest BCUT2D eigenvalue weighted by Crippen LogP contribution is 2.45. The van der Waals surface area contributed by atoms with E-state index in [0.29, 0.717) is 6.04 Å². The van der Waals surface area contributed by atoms with Crippen LogP contribution in [-0.2, 0) is 12.8 Å². The van der Waals surface area contributed by atoms with Gasteiger partial charge in [0.15, 0.2) is 0 Å². The molecule has 0 N–H and O–H groups in total. The first-order valence-corrected chi connectivity index (χ1v) is 7.07. The first kappa shape index (κ1) is 14.7. The van der Waals surface area contributed by atoms with Crippen molar-refractivity contribution in [3.63, 3.8) is 0 Å².